The van der Waals surface area contributed by atoms with Crippen LogP contribution in [0, 0.1) is 13.8 Å². The Morgan fingerprint density at radius 3 is 2.33 bits per heavy atom. The van der Waals surface area contributed by atoms with Gasteiger partial charge in [0.1, 0.15) is 0 Å². The zero-order chi connectivity index (χ0) is 13.9. The molecule has 1 N–H and O–H groups in total. The summed E-state index contributed by atoms with van der Waals surface area (Å²) < 4.78 is 0. The van der Waals surface area contributed by atoms with E-state index in [-0.39, 0.29) is 5.54 Å². The molecular formula is C16H28N2. The Hall–Kier alpha value is -0.860. The molecule has 2 heteroatoms. The van der Waals surface area contributed by atoms with Gasteiger partial charge < -0.3 is 10.2 Å². The van der Waals surface area contributed by atoms with Crippen LogP contribution in [0.25, 0.3) is 0 Å². The number of rotatable bonds is 5. The van der Waals surface area contributed by atoms with Gasteiger partial charge in [-0.25, -0.2) is 0 Å². The molecule has 1 rings (SSSR count). The smallest absolute Gasteiger partial charge is 0.0295 e. The first-order chi connectivity index (χ1) is 8.24. The fourth-order valence-electron chi connectivity index (χ4n) is 1.98. The largest absolute Gasteiger partial charge is 0.308 e. The van der Waals surface area contributed by atoms with Gasteiger partial charge in [0.15, 0.2) is 0 Å². The van der Waals surface area contributed by atoms with E-state index in [1.165, 1.54) is 16.7 Å². The molecule has 0 aromatic heterocycles. The molecule has 0 bridgehead atoms. The summed E-state index contributed by atoms with van der Waals surface area (Å²) >= 11 is 0. The van der Waals surface area contributed by atoms with Gasteiger partial charge in [-0.15, -0.1) is 0 Å². The second kappa shape index (κ2) is 5.85. The first-order valence-electron chi connectivity index (χ1n) is 6.72. The first-order valence-corrected chi connectivity index (χ1v) is 6.72. The van der Waals surface area contributed by atoms with Crippen molar-refractivity contribution in [3.05, 3.63) is 34.9 Å². The van der Waals surface area contributed by atoms with E-state index in [1.54, 1.807) is 0 Å². The van der Waals surface area contributed by atoms with Crippen LogP contribution >= 0.6 is 0 Å². The summed E-state index contributed by atoms with van der Waals surface area (Å²) in [7, 11) is 4.26. The summed E-state index contributed by atoms with van der Waals surface area (Å²) in [5, 5.41) is 3.64. The van der Waals surface area contributed by atoms with Crippen LogP contribution in [0.2, 0.25) is 0 Å². The predicted octanol–water partition coefficient (Wildman–Crippen LogP) is 3.29. The minimum Gasteiger partial charge on any atom is -0.308 e. The molecule has 1 aromatic rings. The number of likely N-dealkylation sites (N-methyl/N-ethyl adjacent to an activating group) is 1. The van der Waals surface area contributed by atoms with Crippen LogP contribution in [0.1, 0.15) is 43.5 Å². The van der Waals surface area contributed by atoms with Crippen molar-refractivity contribution in [1.82, 2.24) is 10.2 Å². The van der Waals surface area contributed by atoms with E-state index in [2.05, 4.69) is 77.1 Å². The van der Waals surface area contributed by atoms with Crippen molar-refractivity contribution in [2.24, 2.45) is 0 Å². The van der Waals surface area contributed by atoms with Gasteiger partial charge >= 0.3 is 0 Å². The summed E-state index contributed by atoms with van der Waals surface area (Å²) in [4.78, 5) is 2.26. The molecule has 1 unspecified atom stereocenters. The number of nitrogens with one attached hydrogen (secondary N) is 1. The van der Waals surface area contributed by atoms with Crippen LogP contribution in [0.5, 0.6) is 0 Å². The zero-order valence-corrected chi connectivity index (χ0v) is 13.0. The summed E-state index contributed by atoms with van der Waals surface area (Å²) in [5.74, 6) is 0. The maximum absolute atomic E-state index is 3.64. The van der Waals surface area contributed by atoms with Gasteiger partial charge in [-0.3, -0.25) is 0 Å². The van der Waals surface area contributed by atoms with E-state index < -0.39 is 0 Å². The second-order valence-electron chi connectivity index (χ2n) is 6.17. The normalized spacial score (nSPS) is 14.0. The Morgan fingerprint density at radius 2 is 1.83 bits per heavy atom. The number of nitrogens with zero attached hydrogens (tertiary/aromatic N) is 1. The maximum Gasteiger partial charge on any atom is 0.0295 e. The summed E-state index contributed by atoms with van der Waals surface area (Å²) in [5.41, 5.74) is 4.28. The van der Waals surface area contributed by atoms with E-state index in [1.807, 2.05) is 0 Å². The van der Waals surface area contributed by atoms with Crippen LogP contribution in [0.4, 0.5) is 0 Å². The van der Waals surface area contributed by atoms with Gasteiger partial charge in [-0.1, -0.05) is 23.8 Å². The minimum atomic E-state index is 0.173. The lowest BCUT2D eigenvalue weighted by molar-refractivity contribution is 0.185. The molecule has 1 aromatic carbocycles. The van der Waals surface area contributed by atoms with Crippen LogP contribution in [-0.2, 0) is 0 Å². The van der Waals surface area contributed by atoms with Gasteiger partial charge in [0.2, 0.25) is 0 Å². The third-order valence-electron chi connectivity index (χ3n) is 3.94. The van der Waals surface area contributed by atoms with Crippen molar-refractivity contribution in [3.8, 4) is 0 Å². The molecule has 0 aliphatic heterocycles. The lowest BCUT2D eigenvalue weighted by Crippen LogP contribution is -2.47. The van der Waals surface area contributed by atoms with Crippen molar-refractivity contribution in [2.75, 3.05) is 20.6 Å². The highest BCUT2D eigenvalue weighted by molar-refractivity contribution is 5.32. The monoisotopic (exact) mass is 248 g/mol. The van der Waals surface area contributed by atoms with Crippen molar-refractivity contribution < 1.29 is 0 Å². The highest BCUT2D eigenvalue weighted by Gasteiger charge is 2.21. The lowest BCUT2D eigenvalue weighted by Gasteiger charge is -2.34. The standard InChI is InChI=1S/C16H28N2/c1-12-8-9-15(13(2)10-12)14(3)17-11-16(4,5)18(6)7/h8-10,14,17H,11H2,1-7H3. The molecule has 2 nitrogen and oxygen atoms in total. The number of benzene rings is 1. The molecule has 18 heavy (non-hydrogen) atoms. The molecule has 0 amide bonds. The maximum atomic E-state index is 3.64. The van der Waals surface area contributed by atoms with Crippen LogP contribution < -0.4 is 5.32 Å². The topological polar surface area (TPSA) is 15.3 Å². The second-order valence-corrected chi connectivity index (χ2v) is 6.17. The minimum absolute atomic E-state index is 0.173. The average Bonchev–Trinajstić information content (AvgIpc) is 2.25. The summed E-state index contributed by atoms with van der Waals surface area (Å²) in [6.45, 7) is 12.1. The quantitative estimate of drug-likeness (QED) is 0.860. The molecular weight excluding hydrogens is 220 g/mol. The Morgan fingerprint density at radius 1 is 1.22 bits per heavy atom. The SMILES string of the molecule is Cc1ccc(C(C)NCC(C)(C)N(C)C)c(C)c1. The number of hydrogen-bond acceptors (Lipinski definition) is 2. The Bertz CT molecular complexity index is 394. The van der Waals surface area contributed by atoms with Crippen molar-refractivity contribution in [2.45, 2.75) is 46.2 Å². The van der Waals surface area contributed by atoms with Gasteiger partial charge in [0.25, 0.3) is 0 Å². The highest BCUT2D eigenvalue weighted by Crippen LogP contribution is 2.19. The molecule has 0 spiro atoms. The first kappa shape index (κ1) is 15.2. The van der Waals surface area contributed by atoms with Gasteiger partial charge in [0.05, 0.1) is 0 Å². The molecule has 1 atom stereocenters. The molecule has 0 radical (unpaired) electrons. The molecule has 102 valence electrons. The summed E-state index contributed by atoms with van der Waals surface area (Å²) in [6, 6.07) is 7.08. The van der Waals surface area contributed by atoms with Crippen molar-refractivity contribution >= 4 is 0 Å². The fraction of sp³-hybridized carbons (Fsp3) is 0.625. The van der Waals surface area contributed by atoms with E-state index in [0.717, 1.165) is 6.54 Å². The van der Waals surface area contributed by atoms with Gasteiger partial charge in [0, 0.05) is 18.1 Å². The van der Waals surface area contributed by atoms with Crippen LogP contribution in [0.15, 0.2) is 18.2 Å². The van der Waals surface area contributed by atoms with Crippen molar-refractivity contribution in [1.29, 1.82) is 0 Å². The number of hydrogen-bond donors (Lipinski definition) is 1. The molecule has 0 fully saturated rings. The van der Waals surface area contributed by atoms with Crippen LogP contribution in [0.3, 0.4) is 0 Å². The van der Waals surface area contributed by atoms with Gasteiger partial charge in [-0.05, 0) is 59.8 Å². The van der Waals surface area contributed by atoms with Gasteiger partial charge in [-0.2, -0.15) is 0 Å². The van der Waals surface area contributed by atoms with Crippen LogP contribution in [-0.4, -0.2) is 31.1 Å². The molecule has 0 saturated carbocycles. The lowest BCUT2D eigenvalue weighted by atomic mass is 9.98. The fourth-order valence-corrected chi connectivity index (χ4v) is 1.98. The Balaban J connectivity index is 2.69. The van der Waals surface area contributed by atoms with E-state index >= 15 is 0 Å². The third kappa shape index (κ3) is 3.82. The molecule has 0 saturated heterocycles. The Labute approximate surface area is 112 Å². The zero-order valence-electron chi connectivity index (χ0n) is 13.0. The van der Waals surface area contributed by atoms with E-state index in [4.69, 9.17) is 0 Å². The van der Waals surface area contributed by atoms with Crippen molar-refractivity contribution in [3.63, 3.8) is 0 Å². The molecule has 0 heterocycles. The highest BCUT2D eigenvalue weighted by atomic mass is 15.2. The average molecular weight is 248 g/mol. The summed E-state index contributed by atoms with van der Waals surface area (Å²) in [6.07, 6.45) is 0. The van der Waals surface area contributed by atoms with E-state index in [9.17, 15) is 0 Å². The molecule has 0 aliphatic rings. The molecule has 0 aliphatic carbocycles. The predicted molar refractivity (Wildman–Crippen MR) is 80.1 cm³/mol. The Kier molecular flexibility index (Phi) is 4.94. The third-order valence-corrected chi connectivity index (χ3v) is 3.94. The number of aryl methyl sites for hydroxylation is 2. The van der Waals surface area contributed by atoms with E-state index in [0.29, 0.717) is 6.04 Å².